The van der Waals surface area contributed by atoms with Crippen LogP contribution in [0.2, 0.25) is 0 Å². The van der Waals surface area contributed by atoms with Gasteiger partial charge in [0.1, 0.15) is 6.10 Å². The highest BCUT2D eigenvalue weighted by molar-refractivity contribution is 14.0. The maximum Gasteiger partial charge on any atom is 0.194 e. The third kappa shape index (κ3) is 6.88. The van der Waals surface area contributed by atoms with Gasteiger partial charge in [-0.2, -0.15) is 5.10 Å². The Labute approximate surface area is 179 Å². The standard InChI is InChI=1S/C18H32N6O2.HI/c1-3-19-18(20-5-4-6-23-7-10-25-11-8-23)24-9-12-26-17(15-24)16-13-21-22(2)14-16;/h13-14,17H,3-12,15H2,1-2H3,(H,19,20);1H. The van der Waals surface area contributed by atoms with E-state index in [4.69, 9.17) is 14.5 Å². The maximum absolute atomic E-state index is 5.94. The highest BCUT2D eigenvalue weighted by Gasteiger charge is 2.25. The molecule has 0 aliphatic carbocycles. The highest BCUT2D eigenvalue weighted by atomic mass is 127. The van der Waals surface area contributed by atoms with Crippen LogP contribution in [0.25, 0.3) is 0 Å². The van der Waals surface area contributed by atoms with Crippen LogP contribution in [0.4, 0.5) is 0 Å². The Kier molecular flexibility index (Phi) is 9.80. The number of halogens is 1. The predicted molar refractivity (Wildman–Crippen MR) is 117 cm³/mol. The van der Waals surface area contributed by atoms with E-state index in [0.29, 0.717) is 6.61 Å². The van der Waals surface area contributed by atoms with Crippen LogP contribution in [-0.4, -0.2) is 91.2 Å². The topological polar surface area (TPSA) is 67.2 Å². The third-order valence-electron chi connectivity index (χ3n) is 4.80. The molecule has 1 atom stereocenters. The minimum Gasteiger partial charge on any atom is -0.379 e. The molecule has 154 valence electrons. The van der Waals surface area contributed by atoms with Gasteiger partial charge in [-0.25, -0.2) is 0 Å². The van der Waals surface area contributed by atoms with E-state index >= 15 is 0 Å². The van der Waals surface area contributed by atoms with Crippen molar-refractivity contribution < 1.29 is 9.47 Å². The van der Waals surface area contributed by atoms with Gasteiger partial charge in [0.25, 0.3) is 0 Å². The van der Waals surface area contributed by atoms with Gasteiger partial charge < -0.3 is 19.7 Å². The van der Waals surface area contributed by atoms with E-state index in [1.165, 1.54) is 0 Å². The fourth-order valence-corrected chi connectivity index (χ4v) is 3.38. The quantitative estimate of drug-likeness (QED) is 0.278. The molecule has 2 saturated heterocycles. The molecule has 0 spiro atoms. The summed E-state index contributed by atoms with van der Waals surface area (Å²) in [7, 11) is 1.93. The second-order valence-corrected chi connectivity index (χ2v) is 6.80. The van der Waals surface area contributed by atoms with Crippen LogP contribution in [0.3, 0.4) is 0 Å². The van der Waals surface area contributed by atoms with Crippen molar-refractivity contribution in [3.63, 3.8) is 0 Å². The first-order chi connectivity index (χ1) is 12.8. The van der Waals surface area contributed by atoms with Crippen LogP contribution in [0, 0.1) is 0 Å². The summed E-state index contributed by atoms with van der Waals surface area (Å²) in [5.74, 6) is 0.992. The van der Waals surface area contributed by atoms with Crippen molar-refractivity contribution in [3.05, 3.63) is 18.0 Å². The zero-order valence-corrected chi connectivity index (χ0v) is 18.8. The summed E-state index contributed by atoms with van der Waals surface area (Å²) in [4.78, 5) is 9.61. The molecule has 2 fully saturated rings. The molecule has 0 bridgehead atoms. The van der Waals surface area contributed by atoms with Crippen molar-refractivity contribution in [2.45, 2.75) is 19.4 Å². The van der Waals surface area contributed by atoms with Crippen LogP contribution in [0.5, 0.6) is 0 Å². The van der Waals surface area contributed by atoms with Crippen molar-refractivity contribution in [3.8, 4) is 0 Å². The Balaban J connectivity index is 0.00000261. The van der Waals surface area contributed by atoms with Gasteiger partial charge in [-0.3, -0.25) is 14.6 Å². The summed E-state index contributed by atoms with van der Waals surface area (Å²) < 4.78 is 13.2. The summed E-state index contributed by atoms with van der Waals surface area (Å²) in [6, 6.07) is 0. The Bertz CT molecular complexity index is 576. The predicted octanol–water partition coefficient (Wildman–Crippen LogP) is 1.10. The number of aliphatic imine (C=N–C) groups is 1. The second-order valence-electron chi connectivity index (χ2n) is 6.80. The van der Waals surface area contributed by atoms with E-state index in [1.807, 2.05) is 24.1 Å². The summed E-state index contributed by atoms with van der Waals surface area (Å²) in [5.41, 5.74) is 1.13. The lowest BCUT2D eigenvalue weighted by atomic mass is 10.1. The molecule has 0 aromatic carbocycles. The smallest absolute Gasteiger partial charge is 0.194 e. The molecule has 1 unspecified atom stereocenters. The lowest BCUT2D eigenvalue weighted by Gasteiger charge is -2.34. The third-order valence-corrected chi connectivity index (χ3v) is 4.80. The number of hydrogen-bond donors (Lipinski definition) is 1. The molecule has 8 nitrogen and oxygen atoms in total. The number of guanidine groups is 1. The van der Waals surface area contributed by atoms with E-state index in [9.17, 15) is 0 Å². The minimum absolute atomic E-state index is 0. The van der Waals surface area contributed by atoms with E-state index in [2.05, 4.69) is 27.1 Å². The fraction of sp³-hybridized carbons (Fsp3) is 0.778. The van der Waals surface area contributed by atoms with E-state index in [1.54, 1.807) is 0 Å². The van der Waals surface area contributed by atoms with Crippen molar-refractivity contribution in [2.24, 2.45) is 12.0 Å². The Morgan fingerprint density at radius 2 is 2.11 bits per heavy atom. The Morgan fingerprint density at radius 1 is 1.30 bits per heavy atom. The number of aryl methyl sites for hydroxylation is 1. The molecule has 0 amide bonds. The molecule has 9 heteroatoms. The molecular weight excluding hydrogens is 459 g/mol. The van der Waals surface area contributed by atoms with Crippen LogP contribution in [0.15, 0.2) is 17.4 Å². The van der Waals surface area contributed by atoms with E-state index < -0.39 is 0 Å². The number of nitrogens with one attached hydrogen (secondary N) is 1. The van der Waals surface area contributed by atoms with Gasteiger partial charge in [-0.15, -0.1) is 24.0 Å². The molecule has 3 rings (SSSR count). The normalized spacial score (nSPS) is 21.8. The maximum atomic E-state index is 5.94. The molecule has 27 heavy (non-hydrogen) atoms. The average Bonchev–Trinajstić information content (AvgIpc) is 3.12. The van der Waals surface area contributed by atoms with Gasteiger partial charge in [-0.05, 0) is 13.3 Å². The van der Waals surface area contributed by atoms with Crippen LogP contribution in [0.1, 0.15) is 25.0 Å². The summed E-state index contributed by atoms with van der Waals surface area (Å²) in [5, 5.41) is 7.70. The average molecular weight is 492 g/mol. The summed E-state index contributed by atoms with van der Waals surface area (Å²) in [6.07, 6.45) is 5.04. The monoisotopic (exact) mass is 492 g/mol. The van der Waals surface area contributed by atoms with Gasteiger partial charge in [0.15, 0.2) is 5.96 Å². The van der Waals surface area contributed by atoms with Crippen molar-refractivity contribution >= 4 is 29.9 Å². The van der Waals surface area contributed by atoms with Gasteiger partial charge >= 0.3 is 0 Å². The first kappa shape index (κ1) is 22.4. The van der Waals surface area contributed by atoms with Crippen LogP contribution in [-0.2, 0) is 16.5 Å². The first-order valence-electron chi connectivity index (χ1n) is 9.69. The SMILES string of the molecule is CCNC(=NCCCN1CCOCC1)N1CCOC(c2cnn(C)c2)C1.I. The zero-order valence-electron chi connectivity index (χ0n) is 16.5. The second kappa shape index (κ2) is 11.8. The molecule has 1 aromatic rings. The molecule has 1 N–H and O–H groups in total. The molecule has 3 heterocycles. The lowest BCUT2D eigenvalue weighted by Crippen LogP contribution is -2.48. The Hall–Kier alpha value is -0.910. The number of hydrogen-bond acceptors (Lipinski definition) is 5. The fourth-order valence-electron chi connectivity index (χ4n) is 3.38. The number of nitrogens with zero attached hydrogens (tertiary/aromatic N) is 5. The van der Waals surface area contributed by atoms with Gasteiger partial charge in [0.05, 0.1) is 32.6 Å². The highest BCUT2D eigenvalue weighted by Crippen LogP contribution is 2.21. The van der Waals surface area contributed by atoms with E-state index in [-0.39, 0.29) is 30.1 Å². The number of morpholine rings is 2. The molecular formula is C18H33IN6O2. The molecule has 2 aliphatic heterocycles. The summed E-state index contributed by atoms with van der Waals surface area (Å²) >= 11 is 0. The van der Waals surface area contributed by atoms with Crippen LogP contribution >= 0.6 is 24.0 Å². The van der Waals surface area contributed by atoms with E-state index in [0.717, 1.165) is 77.0 Å². The first-order valence-corrected chi connectivity index (χ1v) is 9.69. The number of ether oxygens (including phenoxy) is 2. The summed E-state index contributed by atoms with van der Waals surface area (Å²) in [6.45, 7) is 11.1. The molecule has 1 aromatic heterocycles. The minimum atomic E-state index is 0. The van der Waals surface area contributed by atoms with Crippen LogP contribution < -0.4 is 5.32 Å². The van der Waals surface area contributed by atoms with Gasteiger partial charge in [0.2, 0.25) is 0 Å². The molecule has 0 radical (unpaired) electrons. The molecule has 0 saturated carbocycles. The largest absolute Gasteiger partial charge is 0.379 e. The van der Waals surface area contributed by atoms with Crippen molar-refractivity contribution in [1.29, 1.82) is 0 Å². The van der Waals surface area contributed by atoms with Gasteiger partial charge in [0, 0.05) is 58.1 Å². The molecule has 2 aliphatic rings. The van der Waals surface area contributed by atoms with Crippen molar-refractivity contribution in [1.82, 2.24) is 24.9 Å². The lowest BCUT2D eigenvalue weighted by molar-refractivity contribution is -0.00805. The number of aromatic nitrogens is 2. The van der Waals surface area contributed by atoms with Crippen molar-refractivity contribution in [2.75, 3.05) is 65.6 Å². The number of rotatable bonds is 6. The van der Waals surface area contributed by atoms with Gasteiger partial charge in [-0.1, -0.05) is 0 Å². The Morgan fingerprint density at radius 3 is 2.81 bits per heavy atom. The zero-order chi connectivity index (χ0) is 18.2.